The summed E-state index contributed by atoms with van der Waals surface area (Å²) in [6.07, 6.45) is 0.451. The minimum absolute atomic E-state index is 0. The van der Waals surface area contributed by atoms with Crippen molar-refractivity contribution in [1.82, 2.24) is 15.5 Å². The van der Waals surface area contributed by atoms with Crippen molar-refractivity contribution in [1.29, 1.82) is 0 Å². The maximum Gasteiger partial charge on any atom is 0.227 e. The molecule has 8 heteroatoms. The first-order valence-electron chi connectivity index (χ1n) is 4.67. The van der Waals surface area contributed by atoms with Gasteiger partial charge in [-0.2, -0.15) is 0 Å². The lowest BCUT2D eigenvalue weighted by Gasteiger charge is -1.99. The third-order valence-electron chi connectivity index (χ3n) is 1.52. The van der Waals surface area contributed by atoms with Crippen molar-refractivity contribution < 1.29 is 4.79 Å². The fraction of sp³-hybridized carbons (Fsp3) is 0.625. The van der Waals surface area contributed by atoms with Gasteiger partial charge in [-0.25, -0.2) is 0 Å². The number of amides is 1. The molecule has 16 heavy (non-hydrogen) atoms. The van der Waals surface area contributed by atoms with Crippen LogP contribution in [0.4, 0.5) is 5.13 Å². The number of carbonyl (C=O) groups excluding carboxylic acids is 1. The van der Waals surface area contributed by atoms with Crippen LogP contribution in [-0.4, -0.2) is 35.4 Å². The Morgan fingerprint density at radius 1 is 1.50 bits per heavy atom. The molecule has 0 bridgehead atoms. The van der Waals surface area contributed by atoms with Crippen molar-refractivity contribution in [3.8, 4) is 0 Å². The van der Waals surface area contributed by atoms with Gasteiger partial charge in [0.05, 0.1) is 0 Å². The lowest BCUT2D eigenvalue weighted by Crippen LogP contribution is -2.18. The summed E-state index contributed by atoms with van der Waals surface area (Å²) in [6.45, 7) is 2.72. The molecule has 0 aliphatic heterocycles. The van der Waals surface area contributed by atoms with Crippen LogP contribution >= 0.6 is 35.5 Å². The van der Waals surface area contributed by atoms with Crippen LogP contribution in [0.2, 0.25) is 0 Å². The molecule has 0 spiro atoms. The summed E-state index contributed by atoms with van der Waals surface area (Å²) in [5.41, 5.74) is 0. The zero-order valence-electron chi connectivity index (χ0n) is 9.15. The van der Waals surface area contributed by atoms with E-state index < -0.39 is 0 Å². The van der Waals surface area contributed by atoms with Crippen molar-refractivity contribution in [3.63, 3.8) is 0 Å². The highest BCUT2D eigenvalue weighted by molar-refractivity contribution is 8.01. The van der Waals surface area contributed by atoms with E-state index >= 15 is 0 Å². The van der Waals surface area contributed by atoms with Gasteiger partial charge in [-0.1, -0.05) is 30.0 Å². The first kappa shape index (κ1) is 15.6. The number of halogens is 1. The number of thioether (sulfide) groups is 1. The second-order valence-corrected chi connectivity index (χ2v) is 5.20. The molecule has 0 aliphatic carbocycles. The van der Waals surface area contributed by atoms with Gasteiger partial charge in [0.2, 0.25) is 11.0 Å². The molecule has 0 unspecified atom stereocenters. The van der Waals surface area contributed by atoms with E-state index in [9.17, 15) is 4.79 Å². The summed E-state index contributed by atoms with van der Waals surface area (Å²) in [5.74, 6) is 0.927. The van der Waals surface area contributed by atoms with Gasteiger partial charge in [0, 0.05) is 13.0 Å². The lowest BCUT2D eigenvalue weighted by atomic mass is 10.4. The molecule has 0 aliphatic rings. The molecule has 0 saturated carbocycles. The van der Waals surface area contributed by atoms with E-state index in [-0.39, 0.29) is 18.3 Å². The summed E-state index contributed by atoms with van der Waals surface area (Å²) in [4.78, 5) is 11.3. The Hall–Kier alpha value is -0.370. The van der Waals surface area contributed by atoms with E-state index in [1.54, 1.807) is 11.8 Å². The Morgan fingerprint density at radius 3 is 2.88 bits per heavy atom. The van der Waals surface area contributed by atoms with Gasteiger partial charge < -0.3 is 10.6 Å². The molecular weight excluding hydrogens is 268 g/mol. The van der Waals surface area contributed by atoms with Crippen LogP contribution in [0.15, 0.2) is 4.34 Å². The first-order valence-corrected chi connectivity index (χ1v) is 6.47. The third-order valence-corrected chi connectivity index (χ3v) is 3.38. The van der Waals surface area contributed by atoms with Gasteiger partial charge in [-0.15, -0.1) is 22.6 Å². The zero-order valence-corrected chi connectivity index (χ0v) is 11.6. The average Bonchev–Trinajstić information content (AvgIpc) is 2.63. The maximum atomic E-state index is 11.3. The fourth-order valence-corrected chi connectivity index (χ4v) is 2.53. The van der Waals surface area contributed by atoms with Gasteiger partial charge in [0.15, 0.2) is 4.34 Å². The van der Waals surface area contributed by atoms with Crippen LogP contribution < -0.4 is 10.6 Å². The molecule has 1 rings (SSSR count). The summed E-state index contributed by atoms with van der Waals surface area (Å²) in [7, 11) is 1.81. The molecule has 92 valence electrons. The monoisotopic (exact) mass is 282 g/mol. The second-order valence-electron chi connectivity index (χ2n) is 2.71. The minimum atomic E-state index is -0.0338. The van der Waals surface area contributed by atoms with Crippen LogP contribution in [0.1, 0.15) is 13.3 Å². The molecule has 1 heterocycles. The zero-order chi connectivity index (χ0) is 11.1. The number of aromatic nitrogens is 2. The predicted molar refractivity (Wildman–Crippen MR) is 70.7 cm³/mol. The highest BCUT2D eigenvalue weighted by atomic mass is 35.5. The van der Waals surface area contributed by atoms with E-state index in [1.807, 2.05) is 7.05 Å². The van der Waals surface area contributed by atoms with Gasteiger partial charge in [0.1, 0.15) is 0 Å². The average molecular weight is 283 g/mol. The smallest absolute Gasteiger partial charge is 0.227 e. The summed E-state index contributed by atoms with van der Waals surface area (Å²) >= 11 is 3.03. The van der Waals surface area contributed by atoms with Gasteiger partial charge in [0.25, 0.3) is 0 Å². The van der Waals surface area contributed by atoms with E-state index in [2.05, 4.69) is 27.8 Å². The molecule has 0 atom stereocenters. The highest BCUT2D eigenvalue weighted by Crippen LogP contribution is 2.24. The number of nitrogens with one attached hydrogen (secondary N) is 2. The maximum absolute atomic E-state index is 11.3. The van der Waals surface area contributed by atoms with Crippen LogP contribution in [0.5, 0.6) is 0 Å². The van der Waals surface area contributed by atoms with Crippen molar-refractivity contribution in [2.45, 2.75) is 17.7 Å². The predicted octanol–water partition coefficient (Wildman–Crippen LogP) is 1.62. The second kappa shape index (κ2) is 8.74. The van der Waals surface area contributed by atoms with Crippen molar-refractivity contribution in [2.24, 2.45) is 0 Å². The summed E-state index contributed by atoms with van der Waals surface area (Å²) in [5, 5.41) is 14.0. The largest absolute Gasteiger partial charge is 0.319 e. The van der Waals surface area contributed by atoms with E-state index in [1.165, 1.54) is 11.3 Å². The molecule has 0 fully saturated rings. The number of nitrogens with zero attached hydrogens (tertiary/aromatic N) is 2. The number of carbonyl (C=O) groups is 1. The Balaban J connectivity index is 0.00000225. The molecule has 5 nitrogen and oxygen atoms in total. The van der Waals surface area contributed by atoms with Crippen molar-refractivity contribution in [3.05, 3.63) is 0 Å². The standard InChI is InChI=1S/C8H14N4OS2.ClH/c1-3-14-8-12-11-7(15-8)10-6(13)4-5-9-2;/h9H,3-5H2,1-2H3,(H,10,11,13);1H. The number of rotatable bonds is 6. The first-order chi connectivity index (χ1) is 7.26. The Labute approximate surface area is 109 Å². The quantitative estimate of drug-likeness (QED) is 0.613. The van der Waals surface area contributed by atoms with Gasteiger partial charge in [-0.05, 0) is 12.8 Å². The van der Waals surface area contributed by atoms with Crippen LogP contribution in [0, 0.1) is 0 Å². The van der Waals surface area contributed by atoms with Crippen molar-refractivity contribution >= 4 is 46.5 Å². The molecule has 1 aromatic rings. The van der Waals surface area contributed by atoms with Crippen LogP contribution in [0.3, 0.4) is 0 Å². The lowest BCUT2D eigenvalue weighted by molar-refractivity contribution is -0.116. The topological polar surface area (TPSA) is 66.9 Å². The molecule has 0 saturated heterocycles. The normalized spacial score (nSPS) is 9.62. The van der Waals surface area contributed by atoms with Crippen LogP contribution in [0.25, 0.3) is 0 Å². The van der Waals surface area contributed by atoms with Crippen molar-refractivity contribution in [2.75, 3.05) is 24.7 Å². The van der Waals surface area contributed by atoms with Gasteiger partial charge in [-0.3, -0.25) is 4.79 Å². The van der Waals surface area contributed by atoms with E-state index in [0.29, 0.717) is 18.1 Å². The molecule has 0 radical (unpaired) electrons. The molecule has 1 aromatic heterocycles. The Morgan fingerprint density at radius 2 is 2.25 bits per heavy atom. The van der Waals surface area contributed by atoms with Crippen LogP contribution in [-0.2, 0) is 4.79 Å². The highest BCUT2D eigenvalue weighted by Gasteiger charge is 2.07. The molecule has 2 N–H and O–H groups in total. The Bertz CT molecular complexity index is 321. The molecule has 0 aromatic carbocycles. The van der Waals surface area contributed by atoms with Gasteiger partial charge >= 0.3 is 0 Å². The fourth-order valence-electron chi connectivity index (χ4n) is 0.862. The number of hydrogen-bond donors (Lipinski definition) is 2. The third kappa shape index (κ3) is 5.64. The van der Waals surface area contributed by atoms with E-state index in [4.69, 9.17) is 0 Å². The molecule has 1 amide bonds. The number of hydrogen-bond acceptors (Lipinski definition) is 6. The minimum Gasteiger partial charge on any atom is -0.319 e. The SMILES string of the molecule is CCSc1nnc(NC(=O)CCNC)s1.Cl. The summed E-state index contributed by atoms with van der Waals surface area (Å²) < 4.78 is 0.890. The Kier molecular flexibility index (Phi) is 8.54. The number of anilines is 1. The van der Waals surface area contributed by atoms with E-state index in [0.717, 1.165) is 10.1 Å². The summed E-state index contributed by atoms with van der Waals surface area (Å²) in [6, 6.07) is 0. The molecular formula is C8H15ClN4OS2.